The first-order valence-corrected chi connectivity index (χ1v) is 37.4. The van der Waals surface area contributed by atoms with Gasteiger partial charge in [-0.05, 0) is 139 Å². The van der Waals surface area contributed by atoms with Crippen LogP contribution in [0.5, 0.6) is 0 Å². The van der Waals surface area contributed by atoms with Gasteiger partial charge in [0.1, 0.15) is 54.4 Å². The molecule has 7 rings (SSSR count). The summed E-state index contributed by atoms with van der Waals surface area (Å²) in [6, 6.07) is 20.3. The average molecular weight is 1560 g/mol. The number of hydrogen-bond donors (Lipinski definition) is 15. The number of likely N-dealkylation sites (tertiary alicyclic amines) is 1. The molecule has 6 aromatic rings. The Kier molecular flexibility index (Phi) is 32.9. The molecule has 0 saturated carbocycles. The number of Topliss-reactive ketones (excluding diaryl/α,β-unsaturated/α-hetero) is 1. The number of hydrogen-bond acceptors (Lipinski definition) is 18. The van der Waals surface area contributed by atoms with E-state index in [-0.39, 0.29) is 80.8 Å². The second-order valence-electron chi connectivity index (χ2n) is 28.6. The van der Waals surface area contributed by atoms with Crippen molar-refractivity contribution in [1.82, 2.24) is 63.1 Å². The zero-order chi connectivity index (χ0) is 81.9. The van der Waals surface area contributed by atoms with Crippen molar-refractivity contribution < 1.29 is 72.2 Å². The molecule has 31 nitrogen and oxygen atoms in total. The molecule has 0 aliphatic carbocycles. The summed E-state index contributed by atoms with van der Waals surface area (Å²) in [5, 5.41) is 44.9. The van der Waals surface area contributed by atoms with Gasteiger partial charge in [-0.2, -0.15) is 0 Å². The van der Waals surface area contributed by atoms with E-state index in [0.29, 0.717) is 69.8 Å². The molecule has 0 spiro atoms. The highest BCUT2D eigenvalue weighted by Gasteiger charge is 2.46. The van der Waals surface area contributed by atoms with Gasteiger partial charge in [-0.25, -0.2) is 0 Å². The molecule has 17 N–H and O–H groups in total. The molecule has 112 heavy (non-hydrogen) atoms. The van der Waals surface area contributed by atoms with Crippen molar-refractivity contribution in [2.45, 2.75) is 186 Å². The number of carbonyl (C=O) groups excluding carboxylic acids is 14. The molecule has 32 heteroatoms. The molecule has 1 aliphatic rings. The van der Waals surface area contributed by atoms with E-state index in [1.54, 1.807) is 105 Å². The first kappa shape index (κ1) is 87.7. The molecule has 598 valence electrons. The maximum absolute atomic E-state index is 15.3. The van der Waals surface area contributed by atoms with Gasteiger partial charge in [-0.15, -0.1) is 0 Å². The van der Waals surface area contributed by atoms with Crippen LogP contribution in [0.15, 0.2) is 140 Å². The molecule has 10 atom stereocenters. The number of nitrogens with one attached hydrogen (secondary N) is 12. The highest BCUT2D eigenvalue weighted by molar-refractivity contribution is 6.30. The lowest BCUT2D eigenvalue weighted by Crippen LogP contribution is -2.71. The van der Waals surface area contributed by atoms with Gasteiger partial charge in [0.15, 0.2) is 0 Å². The number of fused-ring (bicyclic) bond motifs is 1. The summed E-state index contributed by atoms with van der Waals surface area (Å²) >= 11 is 6.24. The Labute approximate surface area is 654 Å². The minimum atomic E-state index is -2.83. The molecule has 1 saturated heterocycles. The lowest BCUT2D eigenvalue weighted by Gasteiger charge is -2.31. The zero-order valence-electron chi connectivity index (χ0n) is 63.9. The van der Waals surface area contributed by atoms with Crippen molar-refractivity contribution in [1.29, 1.82) is 0 Å². The number of pyridine rings is 1. The predicted octanol–water partition coefficient (Wildman–Crippen LogP) is 2.33. The third-order valence-electron chi connectivity index (χ3n) is 18.4. The fourth-order valence-electron chi connectivity index (χ4n) is 12.6. The van der Waals surface area contributed by atoms with Crippen molar-refractivity contribution in [3.05, 3.63) is 173 Å². The second kappa shape index (κ2) is 42.0. The van der Waals surface area contributed by atoms with Crippen LogP contribution in [0.1, 0.15) is 127 Å². The average Bonchev–Trinajstić information content (AvgIpc) is 0.906. The van der Waals surface area contributed by atoms with Gasteiger partial charge in [-0.3, -0.25) is 77.8 Å². The van der Waals surface area contributed by atoms with Crippen molar-refractivity contribution >= 4 is 116 Å². The largest absolute Gasteiger partial charge is 0.394 e. The Balaban J connectivity index is 1.19. The van der Waals surface area contributed by atoms with Gasteiger partial charge < -0.3 is 79.5 Å². The number of halogens is 1. The number of carbonyl (C=O) groups is 14. The first-order valence-electron chi connectivity index (χ1n) is 37.1. The highest BCUT2D eigenvalue weighted by atomic mass is 35.5. The van der Waals surface area contributed by atoms with Crippen molar-refractivity contribution in [2.75, 3.05) is 30.3 Å². The van der Waals surface area contributed by atoms with E-state index in [1.165, 1.54) is 74.5 Å². The third-order valence-corrected chi connectivity index (χ3v) is 18.7. The number of nitrogens with zero attached hydrogens (tertiary/aromatic N) is 2. The monoisotopic (exact) mass is 1560 g/mol. The topological polar surface area (TPSA) is 472 Å². The van der Waals surface area contributed by atoms with Crippen molar-refractivity contribution in [2.24, 2.45) is 17.4 Å². The van der Waals surface area contributed by atoms with Crippen LogP contribution in [0.3, 0.4) is 0 Å². The molecular formula is C80H101ClN16O15. The normalized spacial score (nSPS) is 15.2. The summed E-state index contributed by atoms with van der Waals surface area (Å²) in [6.07, 6.45) is 3.41. The molecule has 2 heterocycles. The van der Waals surface area contributed by atoms with Gasteiger partial charge in [0.05, 0.1) is 6.61 Å². The van der Waals surface area contributed by atoms with E-state index >= 15 is 9.59 Å². The number of aromatic nitrogens is 1. The van der Waals surface area contributed by atoms with Gasteiger partial charge in [0, 0.05) is 93.4 Å². The number of ketones is 1. The summed E-state index contributed by atoms with van der Waals surface area (Å²) in [5.41, 5.74) is 11.5. The SMILES string of the molecule is CC(=O)Nc1ccc(C[C@H](NC(=O)[C@H](CO)NC(=O)[C@@H](Cc2cccnc2)NC(=O)[C@@H](Cc2ccc(Cl)cc2)NC(=O)[C@](N)(NC(C)=O)C(=O)c2ccc3ccccc3c2)C(=O)N[C@H](Cc2ccc(NC(C)=O)cc2)C(=O)N[C@@H](CC(C)C)C(=O)N[C@@H](CCCCNC(C)C)C(=O)N2CCC[C@H]2C(=O)N[C@H](C)C(N)=O)cc1. The van der Waals surface area contributed by atoms with Crippen LogP contribution in [-0.2, 0) is 88.0 Å². The standard InChI is InChI=1S/C80H101ClN16O15/c1-45(2)37-62(71(104)89-61(18-11-12-35-85-46(3)4)78(111)97-36-14-19-68(97)77(110)86-47(5)70(82)103)90-72(105)63(38-52-22-30-59(31-23-52)87-48(6)99)91-73(106)64(39-53-24-32-60(33-25-53)88-49(7)100)93-76(109)67(44-98)94-74(107)65(41-54-15-13-34-84-43-54)92-75(108)66(40-51-20-28-58(81)29-21-51)95-79(112)80(83,96-50(8)101)69(102)57-27-26-55-16-9-10-17-56(55)42-57/h9-10,13,15-17,20-34,42-43,45-47,61-68,85,98H,11-12,14,18-19,35-41,44,83H2,1-8H3,(H2,82,103)(H,86,110)(H,87,99)(H,88,100)(H,89,104)(H,90,105)(H,91,106)(H,92,108)(H,93,109)(H,94,107)(H,95,112)(H,96,101)/t47-,61+,62+,63-,64+,65-,66-,67+,68+,80-/m1/s1. The summed E-state index contributed by atoms with van der Waals surface area (Å²) in [7, 11) is 0. The Morgan fingerprint density at radius 3 is 1.52 bits per heavy atom. The summed E-state index contributed by atoms with van der Waals surface area (Å²) in [5.74, 6) is -12.2. The Bertz CT molecular complexity index is 4340. The lowest BCUT2D eigenvalue weighted by molar-refractivity contribution is -0.142. The Morgan fingerprint density at radius 1 is 0.545 bits per heavy atom. The molecular weight excluding hydrogens is 1460 g/mol. The number of unbranched alkanes of at least 4 members (excludes halogenated alkanes) is 1. The lowest BCUT2D eigenvalue weighted by atomic mass is 9.94. The summed E-state index contributed by atoms with van der Waals surface area (Å²) in [6.45, 7) is 12.2. The number of aliphatic hydroxyl groups excluding tert-OH is 1. The van der Waals surface area contributed by atoms with Crippen LogP contribution in [0.25, 0.3) is 10.8 Å². The van der Waals surface area contributed by atoms with E-state index in [1.807, 2.05) is 13.8 Å². The van der Waals surface area contributed by atoms with Crippen LogP contribution in [0.2, 0.25) is 5.02 Å². The number of nitrogens with two attached hydrogens (primary N) is 2. The molecule has 1 fully saturated rings. The maximum atomic E-state index is 15.3. The predicted molar refractivity (Wildman–Crippen MR) is 420 cm³/mol. The first-order chi connectivity index (χ1) is 53.2. The van der Waals surface area contributed by atoms with Crippen molar-refractivity contribution in [3.63, 3.8) is 0 Å². The Hall–Kier alpha value is -11.5. The van der Waals surface area contributed by atoms with Gasteiger partial charge in [0.25, 0.3) is 5.91 Å². The van der Waals surface area contributed by atoms with E-state index in [4.69, 9.17) is 23.1 Å². The summed E-state index contributed by atoms with van der Waals surface area (Å²) < 4.78 is 0. The quantitative estimate of drug-likeness (QED) is 0.0114. The number of anilines is 2. The van der Waals surface area contributed by atoms with E-state index in [2.05, 4.69) is 68.8 Å². The van der Waals surface area contributed by atoms with E-state index < -0.39 is 137 Å². The molecule has 1 aliphatic heterocycles. The molecule has 0 radical (unpaired) electrons. The summed E-state index contributed by atoms with van der Waals surface area (Å²) in [4.78, 5) is 202. The maximum Gasteiger partial charge on any atom is 0.269 e. The third kappa shape index (κ3) is 26.6. The van der Waals surface area contributed by atoms with E-state index in [0.717, 1.165) is 12.3 Å². The van der Waals surface area contributed by atoms with Crippen LogP contribution in [-0.4, -0.2) is 183 Å². The fraction of sp³-hybridized carbons (Fsp3) is 0.412. The van der Waals surface area contributed by atoms with Gasteiger partial charge in [0.2, 0.25) is 82.3 Å². The molecule has 0 bridgehead atoms. The molecule has 0 unspecified atom stereocenters. The van der Waals surface area contributed by atoms with Crippen LogP contribution < -0.4 is 75.3 Å². The number of aliphatic hydroxyl groups is 1. The number of primary amides is 1. The smallest absolute Gasteiger partial charge is 0.269 e. The Morgan fingerprint density at radius 2 is 1.03 bits per heavy atom. The molecule has 1 aromatic heterocycles. The zero-order valence-corrected chi connectivity index (χ0v) is 64.7. The van der Waals surface area contributed by atoms with Crippen molar-refractivity contribution in [3.8, 4) is 0 Å². The van der Waals surface area contributed by atoms with Crippen LogP contribution in [0.4, 0.5) is 11.4 Å². The van der Waals surface area contributed by atoms with Gasteiger partial charge in [-0.1, -0.05) is 118 Å². The minimum Gasteiger partial charge on any atom is -0.394 e. The van der Waals surface area contributed by atoms with E-state index in [9.17, 15) is 62.6 Å². The molecule has 5 aromatic carbocycles. The number of amides is 13. The van der Waals surface area contributed by atoms with Crippen LogP contribution >= 0.6 is 11.6 Å². The minimum absolute atomic E-state index is 0.00170. The second-order valence-corrected chi connectivity index (χ2v) is 29.0. The van der Waals surface area contributed by atoms with Crippen LogP contribution in [0, 0.1) is 5.92 Å². The fourth-order valence-corrected chi connectivity index (χ4v) is 12.8. The number of rotatable bonds is 40. The number of benzene rings is 5. The molecule has 13 amide bonds. The van der Waals surface area contributed by atoms with Gasteiger partial charge >= 0.3 is 0 Å². The highest BCUT2D eigenvalue weighted by Crippen LogP contribution is 2.24.